The summed E-state index contributed by atoms with van der Waals surface area (Å²) in [7, 11) is 0. The molecule has 0 spiro atoms. The molecule has 6 heteroatoms. The van der Waals surface area contributed by atoms with E-state index in [1.54, 1.807) is 24.3 Å². The van der Waals surface area contributed by atoms with E-state index in [0.717, 1.165) is 12.0 Å². The molecule has 0 fully saturated rings. The molecule has 154 valence electrons. The molecule has 0 saturated heterocycles. The molecule has 0 aliphatic carbocycles. The molecule has 0 radical (unpaired) electrons. The molecule has 1 unspecified atom stereocenters. The van der Waals surface area contributed by atoms with Crippen LogP contribution < -0.4 is 0 Å². The van der Waals surface area contributed by atoms with Gasteiger partial charge in [-0.25, -0.2) is 0 Å². The first-order valence-corrected chi connectivity index (χ1v) is 10.1. The first-order chi connectivity index (χ1) is 14.5. The fourth-order valence-electron chi connectivity index (χ4n) is 3.81. The SMILES string of the molecule is CC1=CCN(C(CN2C(=O)c3ccccc3C2=O)C(=O)OCc2ccccc2)CC1. The molecule has 30 heavy (non-hydrogen) atoms. The van der Waals surface area contributed by atoms with E-state index >= 15 is 0 Å². The molecule has 2 amide bonds. The Kier molecular flexibility index (Phi) is 5.77. The third-order valence-electron chi connectivity index (χ3n) is 5.64. The van der Waals surface area contributed by atoms with Crippen molar-refractivity contribution in [3.63, 3.8) is 0 Å². The largest absolute Gasteiger partial charge is 0.460 e. The maximum Gasteiger partial charge on any atom is 0.325 e. The van der Waals surface area contributed by atoms with Gasteiger partial charge in [0.15, 0.2) is 0 Å². The van der Waals surface area contributed by atoms with E-state index in [9.17, 15) is 14.4 Å². The minimum Gasteiger partial charge on any atom is -0.460 e. The van der Waals surface area contributed by atoms with Crippen molar-refractivity contribution in [3.05, 3.63) is 82.9 Å². The second-order valence-electron chi connectivity index (χ2n) is 7.67. The highest BCUT2D eigenvalue weighted by molar-refractivity contribution is 6.21. The fourth-order valence-corrected chi connectivity index (χ4v) is 3.81. The number of ether oxygens (including phenoxy) is 1. The van der Waals surface area contributed by atoms with Crippen LogP contribution in [0.1, 0.15) is 39.6 Å². The lowest BCUT2D eigenvalue weighted by Crippen LogP contribution is -2.51. The first kappa shape index (κ1) is 20.0. The summed E-state index contributed by atoms with van der Waals surface area (Å²) >= 11 is 0. The Morgan fingerprint density at radius 2 is 1.63 bits per heavy atom. The molecule has 0 bridgehead atoms. The number of esters is 1. The Morgan fingerprint density at radius 3 is 2.23 bits per heavy atom. The number of hydrogen-bond donors (Lipinski definition) is 0. The van der Waals surface area contributed by atoms with Gasteiger partial charge in [-0.05, 0) is 31.0 Å². The third kappa shape index (κ3) is 4.04. The number of amides is 2. The maximum atomic E-state index is 13.0. The smallest absolute Gasteiger partial charge is 0.325 e. The van der Waals surface area contributed by atoms with Crippen LogP contribution in [-0.2, 0) is 16.1 Å². The molecule has 6 nitrogen and oxygen atoms in total. The van der Waals surface area contributed by atoms with Gasteiger partial charge >= 0.3 is 5.97 Å². The molecule has 0 saturated carbocycles. The van der Waals surface area contributed by atoms with Crippen molar-refractivity contribution in [1.29, 1.82) is 0 Å². The molecule has 2 aromatic carbocycles. The molecular formula is C24H24N2O4. The summed E-state index contributed by atoms with van der Waals surface area (Å²) in [4.78, 5) is 41.8. The van der Waals surface area contributed by atoms with E-state index in [0.29, 0.717) is 24.2 Å². The normalized spacial score (nSPS) is 17.5. The Hall–Kier alpha value is -3.25. The lowest BCUT2D eigenvalue weighted by molar-refractivity contribution is -0.151. The number of fused-ring (bicyclic) bond motifs is 1. The van der Waals surface area contributed by atoms with Crippen LogP contribution in [0.2, 0.25) is 0 Å². The highest BCUT2D eigenvalue weighted by Crippen LogP contribution is 2.24. The van der Waals surface area contributed by atoms with E-state index in [2.05, 4.69) is 13.0 Å². The number of rotatable bonds is 6. The average molecular weight is 404 g/mol. The van der Waals surface area contributed by atoms with E-state index in [4.69, 9.17) is 4.74 Å². The first-order valence-electron chi connectivity index (χ1n) is 10.1. The zero-order chi connectivity index (χ0) is 21.1. The van der Waals surface area contributed by atoms with Gasteiger partial charge in [0.1, 0.15) is 12.6 Å². The number of benzene rings is 2. The Labute approximate surface area is 175 Å². The van der Waals surface area contributed by atoms with Crippen LogP contribution in [-0.4, -0.2) is 53.3 Å². The van der Waals surface area contributed by atoms with E-state index in [1.165, 1.54) is 10.5 Å². The van der Waals surface area contributed by atoms with Crippen molar-refractivity contribution in [2.24, 2.45) is 0 Å². The molecule has 1 atom stereocenters. The van der Waals surface area contributed by atoms with Crippen molar-refractivity contribution in [2.45, 2.75) is 26.0 Å². The molecule has 2 aliphatic rings. The maximum absolute atomic E-state index is 13.0. The Morgan fingerprint density at radius 1 is 1.00 bits per heavy atom. The molecule has 4 rings (SSSR count). The van der Waals surface area contributed by atoms with Gasteiger partial charge < -0.3 is 4.74 Å². The quantitative estimate of drug-likeness (QED) is 0.421. The molecule has 0 N–H and O–H groups in total. The minimum atomic E-state index is -0.708. The van der Waals surface area contributed by atoms with Crippen LogP contribution in [0, 0.1) is 0 Å². The summed E-state index contributed by atoms with van der Waals surface area (Å²) < 4.78 is 5.58. The Bertz CT molecular complexity index is 964. The lowest BCUT2D eigenvalue weighted by atomic mass is 10.1. The van der Waals surface area contributed by atoms with Crippen molar-refractivity contribution in [2.75, 3.05) is 19.6 Å². The summed E-state index contributed by atoms with van der Waals surface area (Å²) in [6.07, 6.45) is 2.91. The average Bonchev–Trinajstić information content (AvgIpc) is 3.02. The third-order valence-corrected chi connectivity index (χ3v) is 5.64. The predicted octanol–water partition coefficient (Wildman–Crippen LogP) is 3.05. The summed E-state index contributed by atoms with van der Waals surface area (Å²) in [6.45, 7) is 3.45. The van der Waals surface area contributed by atoms with Crippen LogP contribution in [0.5, 0.6) is 0 Å². The van der Waals surface area contributed by atoms with Gasteiger partial charge in [-0.15, -0.1) is 0 Å². The summed E-state index contributed by atoms with van der Waals surface area (Å²) in [5.74, 6) is -1.15. The number of carbonyl (C=O) groups excluding carboxylic acids is 3. The molecule has 0 aromatic heterocycles. The van der Waals surface area contributed by atoms with Gasteiger partial charge in [0.05, 0.1) is 17.7 Å². The van der Waals surface area contributed by atoms with E-state index < -0.39 is 12.0 Å². The van der Waals surface area contributed by atoms with E-state index in [1.807, 2.05) is 35.2 Å². The van der Waals surface area contributed by atoms with Crippen LogP contribution in [0.15, 0.2) is 66.2 Å². The van der Waals surface area contributed by atoms with Gasteiger partial charge in [-0.3, -0.25) is 24.2 Å². The zero-order valence-corrected chi connectivity index (χ0v) is 16.9. The highest BCUT2D eigenvalue weighted by atomic mass is 16.5. The van der Waals surface area contributed by atoms with Gasteiger partial charge in [0.2, 0.25) is 0 Å². The topological polar surface area (TPSA) is 66.9 Å². The van der Waals surface area contributed by atoms with Gasteiger partial charge in [0.25, 0.3) is 11.8 Å². The molecule has 2 heterocycles. The highest BCUT2D eigenvalue weighted by Gasteiger charge is 2.40. The summed E-state index contributed by atoms with van der Waals surface area (Å²) in [5, 5.41) is 0. The second kappa shape index (κ2) is 8.63. The van der Waals surface area contributed by atoms with Crippen LogP contribution in [0.3, 0.4) is 0 Å². The van der Waals surface area contributed by atoms with E-state index in [-0.39, 0.29) is 25.0 Å². The Balaban J connectivity index is 1.53. The number of nitrogens with zero attached hydrogens (tertiary/aromatic N) is 2. The number of imide groups is 1. The molecular weight excluding hydrogens is 380 g/mol. The van der Waals surface area contributed by atoms with Gasteiger partial charge in [-0.1, -0.05) is 54.1 Å². The minimum absolute atomic E-state index is 0.0210. The second-order valence-corrected chi connectivity index (χ2v) is 7.67. The van der Waals surface area contributed by atoms with Crippen molar-refractivity contribution in [1.82, 2.24) is 9.80 Å². The van der Waals surface area contributed by atoms with Crippen LogP contribution >= 0.6 is 0 Å². The van der Waals surface area contributed by atoms with Crippen LogP contribution in [0.25, 0.3) is 0 Å². The van der Waals surface area contributed by atoms with Crippen molar-refractivity contribution < 1.29 is 19.1 Å². The monoisotopic (exact) mass is 404 g/mol. The fraction of sp³-hybridized carbons (Fsp3) is 0.292. The van der Waals surface area contributed by atoms with Crippen molar-refractivity contribution in [3.8, 4) is 0 Å². The number of carbonyl (C=O) groups is 3. The summed E-state index contributed by atoms with van der Waals surface area (Å²) in [6, 6.07) is 15.5. The zero-order valence-electron chi connectivity index (χ0n) is 16.9. The molecule has 2 aromatic rings. The van der Waals surface area contributed by atoms with Crippen molar-refractivity contribution >= 4 is 17.8 Å². The standard InChI is InChI=1S/C24H24N2O4/c1-17-11-13-25(14-12-17)21(24(29)30-16-18-7-3-2-4-8-18)15-26-22(27)19-9-5-6-10-20(19)23(26)28/h2-11,21H,12-16H2,1H3. The lowest BCUT2D eigenvalue weighted by Gasteiger charge is -2.33. The summed E-state index contributed by atoms with van der Waals surface area (Å²) in [5.41, 5.74) is 2.92. The van der Waals surface area contributed by atoms with Crippen LogP contribution in [0.4, 0.5) is 0 Å². The van der Waals surface area contributed by atoms with Gasteiger partial charge in [-0.2, -0.15) is 0 Å². The predicted molar refractivity (Wildman–Crippen MR) is 112 cm³/mol. The number of hydrogen-bond acceptors (Lipinski definition) is 5. The van der Waals surface area contributed by atoms with Gasteiger partial charge in [0, 0.05) is 13.1 Å². The molecule has 2 aliphatic heterocycles.